The molecule has 0 unspecified atom stereocenters. The highest BCUT2D eigenvalue weighted by Gasteiger charge is 2.27. The van der Waals surface area contributed by atoms with Crippen molar-refractivity contribution in [1.29, 1.82) is 0 Å². The number of amides is 1. The van der Waals surface area contributed by atoms with Crippen LogP contribution in [0.5, 0.6) is 0 Å². The molecule has 0 radical (unpaired) electrons. The Morgan fingerprint density at radius 2 is 1.86 bits per heavy atom. The third-order valence-electron chi connectivity index (χ3n) is 3.85. The summed E-state index contributed by atoms with van der Waals surface area (Å²) in [5.41, 5.74) is 11.4. The average Bonchev–Trinajstić information content (AvgIpc) is 2.80. The molecule has 5 nitrogen and oxygen atoms in total. The van der Waals surface area contributed by atoms with Gasteiger partial charge in [0.25, 0.3) is 5.91 Å². The van der Waals surface area contributed by atoms with E-state index < -0.39 is 0 Å². The van der Waals surface area contributed by atoms with Gasteiger partial charge >= 0.3 is 0 Å². The Hall–Kier alpha value is -2.43. The van der Waals surface area contributed by atoms with Crippen molar-refractivity contribution >= 4 is 11.9 Å². The van der Waals surface area contributed by atoms with Crippen molar-refractivity contribution in [3.05, 3.63) is 51.8 Å². The standard InChI is InChI=1S/C16H18N4O/c1-9-4-10(2)14(11(3)5-9)15(21)20-7-12-6-18-16(17)19-13(12)8-20/h4-6H,7-8H2,1-3H3,(H2,17,18,19). The first kappa shape index (κ1) is 13.5. The molecule has 2 N–H and O–H groups in total. The van der Waals surface area contributed by atoms with Crippen LogP contribution >= 0.6 is 0 Å². The van der Waals surface area contributed by atoms with Crippen molar-refractivity contribution in [2.24, 2.45) is 0 Å². The van der Waals surface area contributed by atoms with Crippen LogP contribution in [0.1, 0.15) is 38.3 Å². The van der Waals surface area contributed by atoms with Crippen LogP contribution in [0.4, 0.5) is 5.95 Å². The van der Waals surface area contributed by atoms with Crippen molar-refractivity contribution in [3.63, 3.8) is 0 Å². The lowest BCUT2D eigenvalue weighted by atomic mass is 9.99. The van der Waals surface area contributed by atoms with Crippen LogP contribution < -0.4 is 5.73 Å². The highest BCUT2D eigenvalue weighted by atomic mass is 16.2. The first-order valence-corrected chi connectivity index (χ1v) is 6.93. The van der Waals surface area contributed by atoms with E-state index >= 15 is 0 Å². The van der Waals surface area contributed by atoms with Crippen molar-refractivity contribution < 1.29 is 4.79 Å². The minimum Gasteiger partial charge on any atom is -0.368 e. The minimum atomic E-state index is 0.0431. The molecule has 0 aliphatic carbocycles. The van der Waals surface area contributed by atoms with Crippen LogP contribution in [0.2, 0.25) is 0 Å². The number of fused-ring (bicyclic) bond motifs is 1. The van der Waals surface area contributed by atoms with Crippen molar-refractivity contribution in [3.8, 4) is 0 Å². The second-order valence-electron chi connectivity index (χ2n) is 5.64. The Morgan fingerprint density at radius 3 is 2.52 bits per heavy atom. The summed E-state index contributed by atoms with van der Waals surface area (Å²) in [5, 5.41) is 0. The quantitative estimate of drug-likeness (QED) is 0.869. The Balaban J connectivity index is 1.92. The first-order valence-electron chi connectivity index (χ1n) is 6.93. The highest BCUT2D eigenvalue weighted by molar-refractivity contribution is 5.97. The molecule has 0 atom stereocenters. The predicted molar refractivity (Wildman–Crippen MR) is 80.7 cm³/mol. The lowest BCUT2D eigenvalue weighted by Crippen LogP contribution is -2.27. The molecule has 2 heterocycles. The maximum atomic E-state index is 12.8. The fourth-order valence-electron chi connectivity index (χ4n) is 2.99. The van der Waals surface area contributed by atoms with E-state index in [4.69, 9.17) is 5.73 Å². The number of nitrogens with zero attached hydrogens (tertiary/aromatic N) is 3. The molecule has 0 fully saturated rings. The van der Waals surface area contributed by atoms with Gasteiger partial charge in [0.15, 0.2) is 0 Å². The van der Waals surface area contributed by atoms with Gasteiger partial charge in [0.05, 0.1) is 12.2 Å². The highest BCUT2D eigenvalue weighted by Crippen LogP contribution is 2.25. The number of nitrogen functional groups attached to an aromatic ring is 1. The molecule has 0 spiro atoms. The number of aryl methyl sites for hydroxylation is 3. The number of hydrogen-bond acceptors (Lipinski definition) is 4. The molecule has 1 aromatic carbocycles. The smallest absolute Gasteiger partial charge is 0.255 e. The summed E-state index contributed by atoms with van der Waals surface area (Å²) in [5.74, 6) is 0.298. The van der Waals surface area contributed by atoms with Crippen LogP contribution in [-0.4, -0.2) is 20.8 Å². The molecule has 108 valence electrons. The molecule has 0 saturated heterocycles. The molecule has 3 rings (SSSR count). The SMILES string of the molecule is Cc1cc(C)c(C(=O)N2Cc3cnc(N)nc3C2)c(C)c1. The molecule has 0 bridgehead atoms. The van der Waals surface area contributed by atoms with E-state index in [2.05, 4.69) is 9.97 Å². The molecule has 1 aliphatic rings. The van der Waals surface area contributed by atoms with Gasteiger partial charge in [-0.05, 0) is 31.9 Å². The van der Waals surface area contributed by atoms with E-state index in [0.29, 0.717) is 13.1 Å². The number of hydrogen-bond donors (Lipinski definition) is 1. The minimum absolute atomic E-state index is 0.0431. The van der Waals surface area contributed by atoms with Crippen LogP contribution in [-0.2, 0) is 13.1 Å². The Bertz CT molecular complexity index is 716. The molecule has 1 aliphatic heterocycles. The third-order valence-corrected chi connectivity index (χ3v) is 3.85. The van der Waals surface area contributed by atoms with Crippen LogP contribution in [0.15, 0.2) is 18.3 Å². The number of nitrogens with two attached hydrogens (primary N) is 1. The molecule has 21 heavy (non-hydrogen) atoms. The zero-order valence-corrected chi connectivity index (χ0v) is 12.5. The van der Waals surface area contributed by atoms with E-state index in [9.17, 15) is 4.79 Å². The summed E-state index contributed by atoms with van der Waals surface area (Å²) in [6.45, 7) is 7.04. The van der Waals surface area contributed by atoms with Crippen LogP contribution in [0.3, 0.4) is 0 Å². The number of carbonyl (C=O) groups is 1. The number of aromatic nitrogens is 2. The van der Waals surface area contributed by atoms with Gasteiger partial charge in [0.2, 0.25) is 5.95 Å². The number of benzene rings is 1. The van der Waals surface area contributed by atoms with E-state index in [1.54, 1.807) is 11.1 Å². The predicted octanol–water partition coefficient (Wildman–Crippen LogP) is 2.14. The zero-order valence-electron chi connectivity index (χ0n) is 12.5. The Kier molecular flexibility index (Phi) is 3.12. The summed E-state index contributed by atoms with van der Waals surface area (Å²) in [6.07, 6.45) is 1.71. The lowest BCUT2D eigenvalue weighted by molar-refractivity contribution is 0.0749. The van der Waals surface area contributed by atoms with E-state index in [1.807, 2.05) is 32.9 Å². The van der Waals surface area contributed by atoms with Crippen molar-refractivity contribution in [1.82, 2.24) is 14.9 Å². The van der Waals surface area contributed by atoms with Crippen molar-refractivity contribution in [2.45, 2.75) is 33.9 Å². The molecule has 1 amide bonds. The van der Waals surface area contributed by atoms with E-state index in [0.717, 1.165) is 27.9 Å². The fraction of sp³-hybridized carbons (Fsp3) is 0.312. The normalized spacial score (nSPS) is 13.4. The van der Waals surface area contributed by atoms with E-state index in [1.165, 1.54) is 5.56 Å². The number of anilines is 1. The second-order valence-corrected chi connectivity index (χ2v) is 5.64. The molecule has 1 aromatic heterocycles. The molecule has 5 heteroatoms. The first-order chi connectivity index (χ1) is 9.95. The van der Waals surface area contributed by atoms with Gasteiger partial charge in [0, 0.05) is 23.9 Å². The molecular weight excluding hydrogens is 264 g/mol. The Morgan fingerprint density at radius 1 is 1.19 bits per heavy atom. The molecular formula is C16H18N4O. The number of carbonyl (C=O) groups excluding carboxylic acids is 1. The van der Waals surface area contributed by atoms with Crippen molar-refractivity contribution in [2.75, 3.05) is 5.73 Å². The second kappa shape index (κ2) is 4.84. The molecule has 2 aromatic rings. The van der Waals surface area contributed by atoms with Gasteiger partial charge in [-0.3, -0.25) is 4.79 Å². The van der Waals surface area contributed by atoms with Gasteiger partial charge in [-0.2, -0.15) is 0 Å². The van der Waals surface area contributed by atoms with E-state index in [-0.39, 0.29) is 11.9 Å². The summed E-state index contributed by atoms with van der Waals surface area (Å²) in [7, 11) is 0. The third kappa shape index (κ3) is 2.35. The fourth-order valence-corrected chi connectivity index (χ4v) is 2.99. The van der Waals surface area contributed by atoms with Crippen LogP contribution in [0, 0.1) is 20.8 Å². The summed E-state index contributed by atoms with van der Waals surface area (Å²) < 4.78 is 0. The lowest BCUT2D eigenvalue weighted by Gasteiger charge is -2.18. The van der Waals surface area contributed by atoms with Gasteiger partial charge < -0.3 is 10.6 Å². The largest absolute Gasteiger partial charge is 0.368 e. The zero-order chi connectivity index (χ0) is 15.1. The monoisotopic (exact) mass is 282 g/mol. The summed E-state index contributed by atoms with van der Waals surface area (Å²) in [4.78, 5) is 22.8. The average molecular weight is 282 g/mol. The number of rotatable bonds is 1. The topological polar surface area (TPSA) is 72.1 Å². The maximum Gasteiger partial charge on any atom is 0.255 e. The van der Waals surface area contributed by atoms with Crippen LogP contribution in [0.25, 0.3) is 0 Å². The summed E-state index contributed by atoms with van der Waals surface area (Å²) >= 11 is 0. The molecule has 0 saturated carbocycles. The van der Waals surface area contributed by atoms with Gasteiger partial charge in [0.1, 0.15) is 0 Å². The summed E-state index contributed by atoms with van der Waals surface area (Å²) in [6, 6.07) is 4.09. The van der Waals surface area contributed by atoms with Gasteiger partial charge in [-0.25, -0.2) is 9.97 Å². The Labute approximate surface area is 123 Å². The van der Waals surface area contributed by atoms with Gasteiger partial charge in [-0.1, -0.05) is 17.7 Å². The van der Waals surface area contributed by atoms with Gasteiger partial charge in [-0.15, -0.1) is 0 Å². The maximum absolute atomic E-state index is 12.8.